The molecule has 1 rings (SSSR count). The highest BCUT2D eigenvalue weighted by atomic mass is 32.1. The van der Waals surface area contributed by atoms with Gasteiger partial charge in [0.05, 0.1) is 0 Å². The Morgan fingerprint density at radius 3 is 2.50 bits per heavy atom. The molecule has 0 aliphatic heterocycles. The Balaban J connectivity index is 2.69. The number of hydrogen-bond acceptors (Lipinski definition) is 4. The van der Waals surface area contributed by atoms with E-state index in [0.29, 0.717) is 4.88 Å². The Morgan fingerprint density at radius 1 is 1.43 bits per heavy atom. The van der Waals surface area contributed by atoms with E-state index in [2.05, 4.69) is 0 Å². The van der Waals surface area contributed by atoms with Gasteiger partial charge in [-0.2, -0.15) is 0 Å². The number of aliphatic carboxylic acids is 1. The third-order valence-corrected chi connectivity index (χ3v) is 2.71. The lowest BCUT2D eigenvalue weighted by Gasteiger charge is -2.02. The molecule has 0 unspecified atom stereocenters. The fourth-order valence-corrected chi connectivity index (χ4v) is 1.81. The van der Waals surface area contributed by atoms with Gasteiger partial charge < -0.3 is 15.9 Å². The second-order valence-electron chi connectivity index (χ2n) is 2.72. The molecule has 0 amide bonds. The van der Waals surface area contributed by atoms with E-state index in [-0.39, 0.29) is 11.3 Å². The molecule has 0 saturated heterocycles. The average Bonchev–Trinajstić information content (AvgIpc) is 2.52. The molecule has 14 heavy (non-hydrogen) atoms. The molecule has 0 aliphatic carbocycles. The van der Waals surface area contributed by atoms with Gasteiger partial charge in [-0.15, -0.1) is 11.3 Å². The van der Waals surface area contributed by atoms with E-state index in [9.17, 15) is 9.59 Å². The molecule has 1 aromatic heterocycles. The Hall–Kier alpha value is -1.40. The van der Waals surface area contributed by atoms with Crippen molar-refractivity contribution in [3.8, 4) is 0 Å². The van der Waals surface area contributed by atoms with Crippen LogP contribution in [-0.4, -0.2) is 28.2 Å². The van der Waals surface area contributed by atoms with Crippen LogP contribution in [0, 0.1) is 0 Å². The summed E-state index contributed by atoms with van der Waals surface area (Å²) in [5.41, 5.74) is 5.29. The van der Waals surface area contributed by atoms with Crippen LogP contribution in [0.25, 0.3) is 0 Å². The van der Waals surface area contributed by atoms with Crippen molar-refractivity contribution in [2.45, 2.75) is 12.5 Å². The Morgan fingerprint density at radius 2 is 2.07 bits per heavy atom. The maximum absolute atomic E-state index is 10.5. The summed E-state index contributed by atoms with van der Waals surface area (Å²) in [6.45, 7) is 0. The minimum Gasteiger partial charge on any atom is -0.480 e. The van der Waals surface area contributed by atoms with Crippen LogP contribution in [0.3, 0.4) is 0 Å². The van der Waals surface area contributed by atoms with E-state index in [4.69, 9.17) is 15.9 Å². The molecule has 0 aliphatic rings. The van der Waals surface area contributed by atoms with E-state index in [1.807, 2.05) is 0 Å². The highest BCUT2D eigenvalue weighted by Gasteiger charge is 2.14. The average molecular weight is 215 g/mol. The lowest BCUT2D eigenvalue weighted by Crippen LogP contribution is -2.31. The van der Waals surface area contributed by atoms with Gasteiger partial charge in [0.1, 0.15) is 10.9 Å². The monoisotopic (exact) mass is 215 g/mol. The number of nitrogens with two attached hydrogens (primary N) is 1. The summed E-state index contributed by atoms with van der Waals surface area (Å²) in [6.07, 6.45) is 0.160. The number of aromatic carboxylic acids is 1. The maximum atomic E-state index is 10.5. The molecule has 0 bridgehead atoms. The highest BCUT2D eigenvalue weighted by molar-refractivity contribution is 7.13. The second kappa shape index (κ2) is 4.21. The van der Waals surface area contributed by atoms with Gasteiger partial charge in [0.15, 0.2) is 0 Å². The summed E-state index contributed by atoms with van der Waals surface area (Å²) >= 11 is 1.04. The number of rotatable bonds is 4. The number of carboxylic acids is 2. The van der Waals surface area contributed by atoms with Crippen molar-refractivity contribution < 1.29 is 19.8 Å². The Labute approximate surface area is 83.8 Å². The molecule has 76 valence electrons. The summed E-state index contributed by atoms with van der Waals surface area (Å²) in [6, 6.07) is 2.05. The number of hydrogen-bond donors (Lipinski definition) is 3. The minimum atomic E-state index is -1.09. The molecule has 4 N–H and O–H groups in total. The predicted molar refractivity (Wildman–Crippen MR) is 50.6 cm³/mol. The summed E-state index contributed by atoms with van der Waals surface area (Å²) in [4.78, 5) is 21.8. The van der Waals surface area contributed by atoms with Crippen LogP contribution in [0.2, 0.25) is 0 Å². The van der Waals surface area contributed by atoms with Gasteiger partial charge in [0.25, 0.3) is 0 Å². The van der Waals surface area contributed by atoms with Crippen LogP contribution in [0.4, 0.5) is 0 Å². The minimum absolute atomic E-state index is 0.160. The summed E-state index contributed by atoms with van der Waals surface area (Å²) in [5.74, 6) is -2.10. The molecule has 0 spiro atoms. The molecule has 0 aromatic carbocycles. The normalized spacial score (nSPS) is 12.4. The van der Waals surface area contributed by atoms with Gasteiger partial charge in [-0.3, -0.25) is 4.79 Å². The molecule has 0 saturated carbocycles. The quantitative estimate of drug-likeness (QED) is 0.675. The second-order valence-corrected chi connectivity index (χ2v) is 3.89. The van der Waals surface area contributed by atoms with Crippen molar-refractivity contribution in [2.24, 2.45) is 5.73 Å². The first kappa shape index (κ1) is 10.7. The largest absolute Gasteiger partial charge is 0.480 e. The Bertz CT molecular complexity index is 360. The third-order valence-electron chi connectivity index (χ3n) is 1.61. The SMILES string of the molecule is N[C@@H](Cc1ccc(C(=O)O)s1)C(=O)O. The zero-order valence-electron chi connectivity index (χ0n) is 7.14. The van der Waals surface area contributed by atoms with Crippen LogP contribution < -0.4 is 5.73 Å². The fraction of sp³-hybridized carbons (Fsp3) is 0.250. The van der Waals surface area contributed by atoms with Gasteiger partial charge in [0, 0.05) is 11.3 Å². The van der Waals surface area contributed by atoms with Crippen LogP contribution in [0.15, 0.2) is 12.1 Å². The van der Waals surface area contributed by atoms with Gasteiger partial charge >= 0.3 is 11.9 Å². The third kappa shape index (κ3) is 2.54. The molecule has 0 fully saturated rings. The van der Waals surface area contributed by atoms with Crippen molar-refractivity contribution in [3.05, 3.63) is 21.9 Å². The van der Waals surface area contributed by atoms with Gasteiger partial charge in [0.2, 0.25) is 0 Å². The van der Waals surface area contributed by atoms with E-state index in [0.717, 1.165) is 11.3 Å². The molecule has 0 radical (unpaired) electrons. The smallest absolute Gasteiger partial charge is 0.345 e. The van der Waals surface area contributed by atoms with Crippen LogP contribution in [0.5, 0.6) is 0 Å². The van der Waals surface area contributed by atoms with E-state index >= 15 is 0 Å². The molecule has 6 heteroatoms. The molecular weight excluding hydrogens is 206 g/mol. The molecule has 1 atom stereocenters. The number of carboxylic acid groups (broad SMARTS) is 2. The van der Waals surface area contributed by atoms with Gasteiger partial charge in [-0.05, 0) is 12.1 Å². The first-order valence-corrected chi connectivity index (χ1v) is 4.62. The van der Waals surface area contributed by atoms with Crippen molar-refractivity contribution in [2.75, 3.05) is 0 Å². The highest BCUT2D eigenvalue weighted by Crippen LogP contribution is 2.17. The van der Waals surface area contributed by atoms with Crippen LogP contribution >= 0.6 is 11.3 Å². The number of thiophene rings is 1. The summed E-state index contributed by atoms with van der Waals surface area (Å²) in [7, 11) is 0. The van der Waals surface area contributed by atoms with Crippen molar-refractivity contribution in [3.63, 3.8) is 0 Å². The van der Waals surface area contributed by atoms with E-state index in [1.54, 1.807) is 6.07 Å². The van der Waals surface area contributed by atoms with Gasteiger partial charge in [-0.1, -0.05) is 0 Å². The maximum Gasteiger partial charge on any atom is 0.345 e. The molecular formula is C8H9NO4S. The Kier molecular flexibility index (Phi) is 3.21. The standard InChI is InChI=1S/C8H9NO4S/c9-5(7(10)11)3-4-1-2-6(14-4)8(12)13/h1-2,5H,3,9H2,(H,10,11)(H,12,13)/t5-/m0/s1. The van der Waals surface area contributed by atoms with Crippen molar-refractivity contribution >= 4 is 23.3 Å². The fourth-order valence-electron chi connectivity index (χ4n) is 0.907. The lowest BCUT2D eigenvalue weighted by atomic mass is 10.2. The predicted octanol–water partition coefficient (Wildman–Crippen LogP) is 0.401. The van der Waals surface area contributed by atoms with Crippen LogP contribution in [0.1, 0.15) is 14.5 Å². The number of carbonyl (C=O) groups is 2. The zero-order chi connectivity index (χ0) is 10.7. The molecule has 1 heterocycles. The van der Waals surface area contributed by atoms with E-state index < -0.39 is 18.0 Å². The van der Waals surface area contributed by atoms with Crippen LogP contribution in [-0.2, 0) is 11.2 Å². The van der Waals surface area contributed by atoms with Crippen molar-refractivity contribution in [1.29, 1.82) is 0 Å². The topological polar surface area (TPSA) is 101 Å². The lowest BCUT2D eigenvalue weighted by molar-refractivity contribution is -0.138. The first-order valence-electron chi connectivity index (χ1n) is 3.81. The zero-order valence-corrected chi connectivity index (χ0v) is 7.95. The summed E-state index contributed by atoms with van der Waals surface area (Å²) < 4.78 is 0. The molecule has 5 nitrogen and oxygen atoms in total. The van der Waals surface area contributed by atoms with Crippen molar-refractivity contribution in [1.82, 2.24) is 0 Å². The first-order chi connectivity index (χ1) is 6.50. The van der Waals surface area contributed by atoms with E-state index in [1.165, 1.54) is 6.07 Å². The van der Waals surface area contributed by atoms with Gasteiger partial charge in [-0.25, -0.2) is 4.79 Å². The molecule has 1 aromatic rings. The summed E-state index contributed by atoms with van der Waals surface area (Å²) in [5, 5.41) is 17.1.